The number of ether oxygens (including phenoxy) is 1. The molecule has 0 unspecified atom stereocenters. The summed E-state index contributed by atoms with van der Waals surface area (Å²) in [4.78, 5) is 22.3. The van der Waals surface area contributed by atoms with Gasteiger partial charge in [-0.3, -0.25) is 4.79 Å². The van der Waals surface area contributed by atoms with E-state index in [9.17, 15) is 4.79 Å². The quantitative estimate of drug-likeness (QED) is 0.522. The van der Waals surface area contributed by atoms with E-state index >= 15 is 0 Å². The van der Waals surface area contributed by atoms with Crippen LogP contribution in [0.4, 0.5) is 5.82 Å². The highest BCUT2D eigenvalue weighted by molar-refractivity contribution is 14.1. The van der Waals surface area contributed by atoms with E-state index < -0.39 is 0 Å². The van der Waals surface area contributed by atoms with E-state index in [2.05, 4.69) is 40.0 Å². The summed E-state index contributed by atoms with van der Waals surface area (Å²) < 4.78 is 6.50. The zero-order valence-corrected chi connectivity index (χ0v) is 18.6. The highest BCUT2D eigenvalue weighted by atomic mass is 127. The van der Waals surface area contributed by atoms with E-state index in [-0.39, 0.29) is 5.91 Å². The summed E-state index contributed by atoms with van der Waals surface area (Å²) >= 11 is 2.26. The fourth-order valence-electron chi connectivity index (χ4n) is 3.59. The van der Waals surface area contributed by atoms with Gasteiger partial charge in [0.15, 0.2) is 5.82 Å². The number of rotatable bonds is 5. The minimum absolute atomic E-state index is 0.0731. The molecule has 0 spiro atoms. The van der Waals surface area contributed by atoms with Crippen LogP contribution in [0, 0.1) is 3.57 Å². The lowest BCUT2D eigenvalue weighted by Gasteiger charge is -2.21. The third-order valence-electron chi connectivity index (χ3n) is 5.11. The second-order valence-corrected chi connectivity index (χ2v) is 8.29. The van der Waals surface area contributed by atoms with Crippen molar-refractivity contribution in [3.05, 3.63) is 68.5 Å². The van der Waals surface area contributed by atoms with Crippen LogP contribution in [0.25, 0.3) is 11.3 Å². The van der Waals surface area contributed by atoms with Gasteiger partial charge in [0.1, 0.15) is 5.75 Å². The fourth-order valence-corrected chi connectivity index (χ4v) is 3.95. The standard InChI is InChI=1S/C23H22IN3O2/c1-3-19-23(27-21(28)12-14-4-7-16(24)8-5-14)26-20-11-6-15-13-17(29-2)9-10-18(15)22(20)25-19/h4-5,7-10,13H,3,6,11-12H2,1-2H3,(H,26,27,28). The lowest BCUT2D eigenvalue weighted by Crippen LogP contribution is -2.19. The smallest absolute Gasteiger partial charge is 0.229 e. The molecule has 0 saturated carbocycles. The number of carbonyl (C=O) groups is 1. The summed E-state index contributed by atoms with van der Waals surface area (Å²) in [5, 5.41) is 2.98. The summed E-state index contributed by atoms with van der Waals surface area (Å²) in [6, 6.07) is 14.0. The zero-order valence-electron chi connectivity index (χ0n) is 16.5. The number of carbonyl (C=O) groups excluding carboxylic acids is 1. The van der Waals surface area contributed by atoms with Crippen molar-refractivity contribution in [3.8, 4) is 17.0 Å². The third-order valence-corrected chi connectivity index (χ3v) is 5.83. The van der Waals surface area contributed by atoms with Crippen LogP contribution < -0.4 is 10.1 Å². The zero-order chi connectivity index (χ0) is 20.4. The molecule has 0 fully saturated rings. The molecule has 1 amide bonds. The molecule has 1 aliphatic rings. The van der Waals surface area contributed by atoms with Crippen molar-refractivity contribution >= 4 is 34.3 Å². The van der Waals surface area contributed by atoms with E-state index in [1.165, 1.54) is 5.56 Å². The first kappa shape index (κ1) is 19.8. The van der Waals surface area contributed by atoms with Gasteiger partial charge in [0.2, 0.25) is 5.91 Å². The number of hydrogen-bond acceptors (Lipinski definition) is 4. The van der Waals surface area contributed by atoms with Crippen molar-refractivity contribution in [2.75, 3.05) is 12.4 Å². The largest absolute Gasteiger partial charge is 0.497 e. The van der Waals surface area contributed by atoms with Gasteiger partial charge in [-0.25, -0.2) is 9.97 Å². The Morgan fingerprint density at radius 3 is 2.66 bits per heavy atom. The summed E-state index contributed by atoms with van der Waals surface area (Å²) in [5.41, 5.74) is 5.97. The van der Waals surface area contributed by atoms with Gasteiger partial charge in [-0.15, -0.1) is 0 Å². The van der Waals surface area contributed by atoms with Crippen LogP contribution in [-0.4, -0.2) is 23.0 Å². The van der Waals surface area contributed by atoms with E-state index in [0.717, 1.165) is 50.4 Å². The first-order valence-corrected chi connectivity index (χ1v) is 10.8. The molecule has 1 aliphatic carbocycles. The minimum Gasteiger partial charge on any atom is -0.497 e. The Kier molecular flexibility index (Phi) is 5.80. The molecule has 1 N–H and O–H groups in total. The maximum absolute atomic E-state index is 12.6. The Morgan fingerprint density at radius 1 is 1.14 bits per heavy atom. The number of hydrogen-bond donors (Lipinski definition) is 1. The Labute approximate surface area is 184 Å². The summed E-state index contributed by atoms with van der Waals surface area (Å²) in [6.45, 7) is 2.03. The Morgan fingerprint density at radius 2 is 1.93 bits per heavy atom. The van der Waals surface area contributed by atoms with Gasteiger partial charge < -0.3 is 10.1 Å². The molecule has 1 aromatic heterocycles. The van der Waals surface area contributed by atoms with Gasteiger partial charge >= 0.3 is 0 Å². The van der Waals surface area contributed by atoms with Gasteiger partial charge in [-0.05, 0) is 83.3 Å². The van der Waals surface area contributed by atoms with Gasteiger partial charge in [0, 0.05) is 9.13 Å². The highest BCUT2D eigenvalue weighted by Crippen LogP contribution is 2.34. The number of fused-ring (bicyclic) bond motifs is 3. The molecule has 6 heteroatoms. The number of amides is 1. The molecule has 1 heterocycles. The SMILES string of the molecule is CCc1nc2c(nc1NC(=O)Cc1ccc(I)cc1)CCc1cc(OC)ccc1-2. The van der Waals surface area contributed by atoms with Crippen molar-refractivity contribution in [3.63, 3.8) is 0 Å². The Hall–Kier alpha value is -2.48. The molecular formula is C23H22IN3O2. The van der Waals surface area contributed by atoms with Gasteiger partial charge in [0.05, 0.1) is 30.6 Å². The van der Waals surface area contributed by atoms with Crippen molar-refractivity contribution < 1.29 is 9.53 Å². The average Bonchev–Trinajstić information content (AvgIpc) is 2.74. The first-order valence-electron chi connectivity index (χ1n) is 9.68. The van der Waals surface area contributed by atoms with E-state index in [4.69, 9.17) is 14.7 Å². The molecule has 2 aromatic carbocycles. The number of anilines is 1. The number of aryl methyl sites for hydroxylation is 3. The lowest BCUT2D eigenvalue weighted by molar-refractivity contribution is -0.115. The Balaban J connectivity index is 1.60. The third kappa shape index (κ3) is 4.27. The number of nitrogens with one attached hydrogen (secondary N) is 1. The van der Waals surface area contributed by atoms with Crippen LogP contribution in [-0.2, 0) is 30.5 Å². The summed E-state index contributed by atoms with van der Waals surface area (Å²) in [5.74, 6) is 1.37. The normalized spacial score (nSPS) is 12.1. The molecule has 0 saturated heterocycles. The van der Waals surface area contributed by atoms with Crippen LogP contribution >= 0.6 is 22.6 Å². The van der Waals surface area contributed by atoms with Crippen molar-refractivity contribution in [2.24, 2.45) is 0 Å². The molecule has 0 bridgehead atoms. The topological polar surface area (TPSA) is 64.1 Å². The summed E-state index contributed by atoms with van der Waals surface area (Å²) in [7, 11) is 1.68. The second kappa shape index (κ2) is 8.49. The predicted octanol–water partition coefficient (Wildman–Crippen LogP) is 4.60. The second-order valence-electron chi connectivity index (χ2n) is 7.04. The molecule has 29 heavy (non-hydrogen) atoms. The van der Waals surface area contributed by atoms with Crippen molar-refractivity contribution in [1.82, 2.24) is 9.97 Å². The fraction of sp³-hybridized carbons (Fsp3) is 0.261. The monoisotopic (exact) mass is 499 g/mol. The van der Waals surface area contributed by atoms with E-state index in [1.54, 1.807) is 7.11 Å². The highest BCUT2D eigenvalue weighted by Gasteiger charge is 2.22. The number of benzene rings is 2. The molecule has 0 radical (unpaired) electrons. The maximum Gasteiger partial charge on any atom is 0.229 e. The predicted molar refractivity (Wildman–Crippen MR) is 122 cm³/mol. The molecule has 4 rings (SSSR count). The van der Waals surface area contributed by atoms with Gasteiger partial charge in [-0.2, -0.15) is 0 Å². The molecule has 148 valence electrons. The summed E-state index contributed by atoms with van der Waals surface area (Å²) in [6.07, 6.45) is 2.70. The number of aromatic nitrogens is 2. The molecule has 5 nitrogen and oxygen atoms in total. The van der Waals surface area contributed by atoms with Crippen LogP contribution in [0.3, 0.4) is 0 Å². The number of halogens is 1. The number of methoxy groups -OCH3 is 1. The first-order chi connectivity index (χ1) is 14.1. The van der Waals surface area contributed by atoms with E-state index in [1.807, 2.05) is 37.3 Å². The van der Waals surface area contributed by atoms with Crippen LogP contribution in [0.15, 0.2) is 42.5 Å². The van der Waals surface area contributed by atoms with Crippen LogP contribution in [0.1, 0.15) is 29.4 Å². The molecular weight excluding hydrogens is 477 g/mol. The van der Waals surface area contributed by atoms with Crippen molar-refractivity contribution in [2.45, 2.75) is 32.6 Å². The minimum atomic E-state index is -0.0731. The average molecular weight is 499 g/mol. The van der Waals surface area contributed by atoms with E-state index in [0.29, 0.717) is 18.7 Å². The van der Waals surface area contributed by atoms with Crippen molar-refractivity contribution in [1.29, 1.82) is 0 Å². The molecule has 0 aliphatic heterocycles. The maximum atomic E-state index is 12.6. The molecule has 0 atom stereocenters. The van der Waals surface area contributed by atoms with Gasteiger partial charge in [-0.1, -0.05) is 19.1 Å². The Bertz CT molecular complexity index is 1060. The molecule has 3 aromatic rings. The van der Waals surface area contributed by atoms with Crippen LogP contribution in [0.2, 0.25) is 0 Å². The van der Waals surface area contributed by atoms with Crippen LogP contribution in [0.5, 0.6) is 5.75 Å². The number of nitrogens with zero attached hydrogens (tertiary/aromatic N) is 2. The lowest BCUT2D eigenvalue weighted by atomic mass is 9.91. The van der Waals surface area contributed by atoms with Gasteiger partial charge in [0.25, 0.3) is 0 Å².